The van der Waals surface area contributed by atoms with Crippen molar-refractivity contribution in [3.63, 3.8) is 0 Å². The number of methoxy groups -OCH3 is 2. The summed E-state index contributed by atoms with van der Waals surface area (Å²) in [4.78, 5) is 16.8. The predicted molar refractivity (Wildman–Crippen MR) is 113 cm³/mol. The number of fused-ring (bicyclic) bond motifs is 2. The molecule has 0 saturated carbocycles. The minimum Gasteiger partial charge on any atom is -0.493 e. The molecule has 4 rings (SSSR count). The molecule has 142 valence electrons. The quantitative estimate of drug-likeness (QED) is 0.511. The van der Waals surface area contributed by atoms with Crippen LogP contribution in [-0.2, 0) is 6.54 Å². The zero-order chi connectivity index (χ0) is 19.5. The number of benzene rings is 3. The Bertz CT molecular complexity index is 1110. The highest BCUT2D eigenvalue weighted by atomic mass is 32.1. The van der Waals surface area contributed by atoms with E-state index < -0.39 is 0 Å². The van der Waals surface area contributed by atoms with Crippen LogP contribution in [-0.4, -0.2) is 25.2 Å². The van der Waals surface area contributed by atoms with Crippen molar-refractivity contribution in [2.45, 2.75) is 6.54 Å². The summed E-state index contributed by atoms with van der Waals surface area (Å²) in [5.41, 5.74) is 1.80. The van der Waals surface area contributed by atoms with E-state index in [1.807, 2.05) is 30.3 Å². The molecule has 0 bridgehead atoms. The standard InChI is InChI=1S/C21H19N3O3S/c1-26-17-10-16-19(11-18(17)27-2)28-21(23-16)24-20(25)22-12-14-8-5-7-13-6-3-4-9-15(13)14/h3-11H,12H2,1-2H3,(H2,22,23,24,25). The first kappa shape index (κ1) is 18.1. The van der Waals surface area contributed by atoms with Gasteiger partial charge in [0.15, 0.2) is 16.6 Å². The number of hydrogen-bond donors (Lipinski definition) is 2. The van der Waals surface area contributed by atoms with Crippen molar-refractivity contribution in [1.29, 1.82) is 0 Å². The lowest BCUT2D eigenvalue weighted by molar-refractivity contribution is 0.252. The van der Waals surface area contributed by atoms with Gasteiger partial charge in [0, 0.05) is 18.7 Å². The summed E-state index contributed by atoms with van der Waals surface area (Å²) in [6.45, 7) is 0.430. The van der Waals surface area contributed by atoms with Crippen molar-refractivity contribution < 1.29 is 14.3 Å². The number of amides is 2. The Morgan fingerprint density at radius 2 is 1.79 bits per heavy atom. The van der Waals surface area contributed by atoms with Crippen LogP contribution in [0.1, 0.15) is 5.56 Å². The predicted octanol–water partition coefficient (Wildman–Crippen LogP) is 4.79. The summed E-state index contributed by atoms with van der Waals surface area (Å²) in [7, 11) is 3.17. The monoisotopic (exact) mass is 393 g/mol. The Balaban J connectivity index is 1.47. The highest BCUT2D eigenvalue weighted by molar-refractivity contribution is 7.22. The van der Waals surface area contributed by atoms with Gasteiger partial charge in [-0.3, -0.25) is 5.32 Å². The lowest BCUT2D eigenvalue weighted by atomic mass is 10.0. The molecule has 0 saturated heterocycles. The van der Waals surface area contributed by atoms with Crippen LogP contribution in [0.25, 0.3) is 21.0 Å². The molecule has 1 heterocycles. The van der Waals surface area contributed by atoms with Crippen molar-refractivity contribution in [2.75, 3.05) is 19.5 Å². The molecule has 2 amide bonds. The first-order chi connectivity index (χ1) is 13.7. The van der Waals surface area contributed by atoms with Gasteiger partial charge in [-0.15, -0.1) is 0 Å². The molecule has 0 radical (unpaired) electrons. The molecule has 0 aliphatic heterocycles. The maximum absolute atomic E-state index is 12.3. The number of ether oxygens (including phenoxy) is 2. The second kappa shape index (κ2) is 7.74. The van der Waals surface area contributed by atoms with E-state index in [9.17, 15) is 4.79 Å². The number of carbonyl (C=O) groups is 1. The fourth-order valence-electron chi connectivity index (χ4n) is 3.07. The number of nitrogens with zero attached hydrogens (tertiary/aromatic N) is 1. The Labute approximate surface area is 166 Å². The third-order valence-corrected chi connectivity index (χ3v) is 5.37. The Kier molecular flexibility index (Phi) is 4.99. The SMILES string of the molecule is COc1cc2nc(NC(=O)NCc3cccc4ccccc34)sc2cc1OC. The Morgan fingerprint density at radius 1 is 1.04 bits per heavy atom. The second-order valence-corrected chi connectivity index (χ2v) is 7.17. The number of urea groups is 1. The normalized spacial score (nSPS) is 10.8. The van der Waals surface area contributed by atoms with E-state index in [4.69, 9.17) is 9.47 Å². The van der Waals surface area contributed by atoms with Crippen LogP contribution in [0, 0.1) is 0 Å². The fourth-order valence-corrected chi connectivity index (χ4v) is 3.94. The van der Waals surface area contributed by atoms with E-state index in [0.29, 0.717) is 23.2 Å². The van der Waals surface area contributed by atoms with Gasteiger partial charge in [-0.25, -0.2) is 9.78 Å². The first-order valence-electron chi connectivity index (χ1n) is 8.72. The molecular weight excluding hydrogens is 374 g/mol. The average molecular weight is 393 g/mol. The second-order valence-electron chi connectivity index (χ2n) is 6.14. The third-order valence-electron chi connectivity index (χ3n) is 4.43. The van der Waals surface area contributed by atoms with E-state index in [-0.39, 0.29) is 6.03 Å². The van der Waals surface area contributed by atoms with Crippen molar-refractivity contribution in [1.82, 2.24) is 10.3 Å². The van der Waals surface area contributed by atoms with Crippen molar-refractivity contribution in [3.8, 4) is 11.5 Å². The summed E-state index contributed by atoms with van der Waals surface area (Å²) in [6.07, 6.45) is 0. The summed E-state index contributed by atoms with van der Waals surface area (Å²) >= 11 is 1.38. The van der Waals surface area contributed by atoms with Gasteiger partial charge in [-0.1, -0.05) is 53.8 Å². The average Bonchev–Trinajstić information content (AvgIpc) is 3.11. The van der Waals surface area contributed by atoms with Gasteiger partial charge >= 0.3 is 6.03 Å². The molecule has 28 heavy (non-hydrogen) atoms. The van der Waals surface area contributed by atoms with Crippen molar-refractivity contribution >= 4 is 43.5 Å². The molecule has 3 aromatic carbocycles. The van der Waals surface area contributed by atoms with Gasteiger partial charge in [-0.05, 0) is 16.3 Å². The highest BCUT2D eigenvalue weighted by Gasteiger charge is 2.12. The molecule has 1 aromatic heterocycles. The van der Waals surface area contributed by atoms with Crippen molar-refractivity contribution in [3.05, 3.63) is 60.2 Å². The molecule has 0 atom stereocenters. The number of rotatable bonds is 5. The Hall–Kier alpha value is -3.32. The number of anilines is 1. The molecule has 0 spiro atoms. The minimum absolute atomic E-state index is 0.300. The topological polar surface area (TPSA) is 72.5 Å². The fraction of sp³-hybridized carbons (Fsp3) is 0.143. The minimum atomic E-state index is -0.300. The van der Waals surface area contributed by atoms with Gasteiger partial charge in [0.25, 0.3) is 0 Å². The number of nitrogens with one attached hydrogen (secondary N) is 2. The molecule has 0 aliphatic carbocycles. The molecule has 2 N–H and O–H groups in total. The molecule has 4 aromatic rings. The number of carbonyl (C=O) groups excluding carboxylic acids is 1. The molecule has 0 aliphatic rings. The summed E-state index contributed by atoms with van der Waals surface area (Å²) in [6, 6.07) is 17.5. The van der Waals surface area contributed by atoms with E-state index in [1.54, 1.807) is 20.3 Å². The van der Waals surface area contributed by atoms with Gasteiger partial charge in [-0.2, -0.15) is 0 Å². The summed E-state index contributed by atoms with van der Waals surface area (Å²) in [5.74, 6) is 1.23. The van der Waals surface area contributed by atoms with Crippen LogP contribution in [0.5, 0.6) is 11.5 Å². The van der Waals surface area contributed by atoms with Crippen LogP contribution in [0.4, 0.5) is 9.93 Å². The smallest absolute Gasteiger partial charge is 0.321 e. The zero-order valence-electron chi connectivity index (χ0n) is 15.5. The van der Waals surface area contributed by atoms with Crippen LogP contribution in [0.3, 0.4) is 0 Å². The molecule has 6 nitrogen and oxygen atoms in total. The first-order valence-corrected chi connectivity index (χ1v) is 9.53. The maximum atomic E-state index is 12.3. The van der Waals surface area contributed by atoms with Gasteiger partial charge < -0.3 is 14.8 Å². The Morgan fingerprint density at radius 3 is 2.61 bits per heavy atom. The molecule has 7 heteroatoms. The van der Waals surface area contributed by atoms with Crippen LogP contribution < -0.4 is 20.1 Å². The van der Waals surface area contributed by atoms with E-state index in [0.717, 1.165) is 26.6 Å². The summed E-state index contributed by atoms with van der Waals surface area (Å²) < 4.78 is 11.5. The van der Waals surface area contributed by atoms with Crippen molar-refractivity contribution in [2.24, 2.45) is 0 Å². The lowest BCUT2D eigenvalue weighted by Crippen LogP contribution is -2.28. The van der Waals surface area contributed by atoms with E-state index in [1.165, 1.54) is 11.3 Å². The number of aromatic nitrogens is 1. The largest absolute Gasteiger partial charge is 0.493 e. The van der Waals surface area contributed by atoms with Crippen LogP contribution >= 0.6 is 11.3 Å². The zero-order valence-corrected chi connectivity index (χ0v) is 16.3. The summed E-state index contributed by atoms with van der Waals surface area (Å²) in [5, 5.41) is 8.49. The maximum Gasteiger partial charge on any atom is 0.321 e. The highest BCUT2D eigenvalue weighted by Crippen LogP contribution is 2.36. The van der Waals surface area contributed by atoms with Crippen LogP contribution in [0.15, 0.2) is 54.6 Å². The lowest BCUT2D eigenvalue weighted by Gasteiger charge is -2.08. The van der Waals surface area contributed by atoms with Gasteiger partial charge in [0.1, 0.15) is 0 Å². The third kappa shape index (κ3) is 3.57. The number of hydrogen-bond acceptors (Lipinski definition) is 5. The van der Waals surface area contributed by atoms with Crippen LogP contribution in [0.2, 0.25) is 0 Å². The van der Waals surface area contributed by atoms with Gasteiger partial charge in [0.2, 0.25) is 0 Å². The van der Waals surface area contributed by atoms with E-state index in [2.05, 4.69) is 33.8 Å². The number of thiazole rings is 1. The molecular formula is C21H19N3O3S. The van der Waals surface area contributed by atoms with E-state index >= 15 is 0 Å². The molecule has 0 unspecified atom stereocenters. The van der Waals surface area contributed by atoms with Gasteiger partial charge in [0.05, 0.1) is 24.4 Å². The molecule has 0 fully saturated rings.